The maximum atomic E-state index is 6.96. The van der Waals surface area contributed by atoms with Crippen LogP contribution in [0, 0.1) is 0 Å². The van der Waals surface area contributed by atoms with E-state index in [1.807, 2.05) is 0 Å². The number of hydrogen-bond acceptors (Lipinski definition) is 4. The van der Waals surface area contributed by atoms with Crippen molar-refractivity contribution in [1.82, 2.24) is 0 Å². The molecule has 0 saturated carbocycles. The van der Waals surface area contributed by atoms with Gasteiger partial charge in [-0.05, 0) is 143 Å². The standard InChI is InChI=1S/C90H73BN2O2/c1-88(2,3)62-50-71(56-28-14-10-15-29-56)84(72(51-62)57-30-16-11-17-31-57)92-77-46-44-60(65-38-26-40-69-67-36-22-24-42-81(67)94-86(65)69)48-75(77)91-76-49-61(66-39-27-41-70-68-37-23-25-43-82(68)95-87(66)70)45-47-78(76)93(80-55-64(90(7,8)9)54-79(92)83(80)91)85-73(58-32-18-12-19-33-58)52-63(89(4,5)6)53-74(85)59-34-20-13-21-35-59/h10-55H,1-9H3. The number of furan rings is 2. The van der Waals surface area contributed by atoms with Gasteiger partial charge in [0.05, 0.1) is 11.4 Å². The van der Waals surface area contributed by atoms with E-state index in [9.17, 15) is 0 Å². The lowest BCUT2D eigenvalue weighted by Gasteiger charge is -2.47. The fourth-order valence-corrected chi connectivity index (χ4v) is 15.2. The molecule has 95 heavy (non-hydrogen) atoms. The van der Waals surface area contributed by atoms with E-state index in [4.69, 9.17) is 8.83 Å². The third-order valence-electron chi connectivity index (χ3n) is 20.1. The molecule has 0 aliphatic carbocycles. The van der Waals surface area contributed by atoms with Gasteiger partial charge in [-0.1, -0.05) is 281 Å². The topological polar surface area (TPSA) is 32.8 Å². The van der Waals surface area contributed by atoms with E-state index in [1.165, 1.54) is 33.1 Å². The normalized spacial score (nSPS) is 13.0. The van der Waals surface area contributed by atoms with Crippen molar-refractivity contribution < 1.29 is 8.83 Å². The van der Waals surface area contributed by atoms with E-state index < -0.39 is 0 Å². The van der Waals surface area contributed by atoms with Crippen LogP contribution in [0.1, 0.15) is 79.0 Å². The van der Waals surface area contributed by atoms with Gasteiger partial charge < -0.3 is 18.6 Å². The molecule has 0 saturated heterocycles. The molecular formula is C90H73BN2O2. The van der Waals surface area contributed by atoms with Crippen molar-refractivity contribution in [1.29, 1.82) is 0 Å². The minimum atomic E-state index is -0.301. The highest BCUT2D eigenvalue weighted by molar-refractivity contribution is 7.00. The highest BCUT2D eigenvalue weighted by Gasteiger charge is 2.47. The first-order valence-electron chi connectivity index (χ1n) is 33.5. The number of rotatable bonds is 8. The van der Waals surface area contributed by atoms with Crippen molar-refractivity contribution in [2.24, 2.45) is 0 Å². The van der Waals surface area contributed by atoms with E-state index in [0.717, 1.165) is 145 Å². The summed E-state index contributed by atoms with van der Waals surface area (Å²) in [6.45, 7) is 20.9. The highest BCUT2D eigenvalue weighted by atomic mass is 16.3. The maximum absolute atomic E-state index is 6.96. The Balaban J connectivity index is 1.07. The van der Waals surface area contributed by atoms with Crippen LogP contribution in [0.25, 0.3) is 111 Å². The molecule has 2 aromatic heterocycles. The summed E-state index contributed by atoms with van der Waals surface area (Å²) in [5, 5.41) is 4.41. The third-order valence-corrected chi connectivity index (χ3v) is 20.1. The number of benzene rings is 13. The molecule has 0 unspecified atom stereocenters. The Bertz CT molecular complexity index is 5090. The zero-order chi connectivity index (χ0) is 64.6. The van der Waals surface area contributed by atoms with Gasteiger partial charge in [0.2, 0.25) is 0 Å². The first kappa shape index (κ1) is 58.0. The van der Waals surface area contributed by atoms with Crippen LogP contribution in [0.3, 0.4) is 0 Å². The zero-order valence-electron chi connectivity index (χ0n) is 55.3. The zero-order valence-corrected chi connectivity index (χ0v) is 55.3. The molecule has 0 atom stereocenters. The van der Waals surface area contributed by atoms with Gasteiger partial charge in [-0.15, -0.1) is 0 Å². The second-order valence-corrected chi connectivity index (χ2v) is 29.2. The average molecular weight is 1230 g/mol. The van der Waals surface area contributed by atoms with Crippen LogP contribution < -0.4 is 26.2 Å². The van der Waals surface area contributed by atoms with Crippen LogP contribution in [0.2, 0.25) is 0 Å². The van der Waals surface area contributed by atoms with Crippen LogP contribution in [-0.2, 0) is 16.2 Å². The van der Waals surface area contributed by atoms with Gasteiger partial charge in [-0.3, -0.25) is 0 Å². The molecule has 458 valence electrons. The predicted molar refractivity (Wildman–Crippen MR) is 404 cm³/mol. The molecule has 17 rings (SSSR count). The van der Waals surface area contributed by atoms with Gasteiger partial charge in [-0.2, -0.15) is 0 Å². The van der Waals surface area contributed by atoms with E-state index in [2.05, 4.69) is 351 Å². The third kappa shape index (κ3) is 9.57. The van der Waals surface area contributed by atoms with Crippen LogP contribution in [0.4, 0.5) is 34.1 Å². The lowest BCUT2D eigenvalue weighted by Crippen LogP contribution is -2.61. The molecule has 0 N–H and O–H groups in total. The van der Waals surface area contributed by atoms with Gasteiger partial charge >= 0.3 is 0 Å². The number of hydrogen-bond donors (Lipinski definition) is 0. The summed E-state index contributed by atoms with van der Waals surface area (Å²) in [6.07, 6.45) is 0. The monoisotopic (exact) mass is 1220 g/mol. The molecule has 5 heteroatoms. The molecule has 0 spiro atoms. The van der Waals surface area contributed by atoms with Gasteiger partial charge in [0, 0.05) is 77.7 Å². The Kier molecular flexibility index (Phi) is 13.3. The number of fused-ring (bicyclic) bond motifs is 10. The van der Waals surface area contributed by atoms with Gasteiger partial charge in [0.1, 0.15) is 22.3 Å². The first-order valence-corrected chi connectivity index (χ1v) is 33.5. The predicted octanol–water partition coefficient (Wildman–Crippen LogP) is 23.5. The quantitative estimate of drug-likeness (QED) is 0.142. The minimum absolute atomic E-state index is 0.182. The SMILES string of the molecule is CC(C)(C)c1cc(-c2ccccc2)c(N2c3ccc(-c4cccc5c4oc4ccccc45)cc3B3c4cc(-c5cccc6c5oc5ccccc56)ccc4N(c4c(-c5ccccc5)cc(C(C)(C)C)cc4-c4ccccc4)c4cc(C(C)(C)C)cc2c43)c(-c2ccccc2)c1. The van der Waals surface area contributed by atoms with E-state index in [1.54, 1.807) is 0 Å². The van der Waals surface area contributed by atoms with Gasteiger partial charge in [0.15, 0.2) is 0 Å². The van der Waals surface area contributed by atoms with Gasteiger partial charge in [-0.25, -0.2) is 0 Å². The Hall–Kier alpha value is -10.9. The molecule has 0 fully saturated rings. The lowest BCUT2D eigenvalue weighted by atomic mass is 9.33. The molecule has 13 aromatic carbocycles. The Morgan fingerprint density at radius 2 is 0.579 bits per heavy atom. The van der Waals surface area contributed by atoms with Gasteiger partial charge in [0.25, 0.3) is 6.71 Å². The first-order chi connectivity index (χ1) is 46.0. The van der Waals surface area contributed by atoms with E-state index in [-0.39, 0.29) is 23.0 Å². The van der Waals surface area contributed by atoms with Crippen LogP contribution in [-0.4, -0.2) is 6.71 Å². The minimum Gasteiger partial charge on any atom is -0.455 e. The summed E-state index contributed by atoms with van der Waals surface area (Å²) in [5.74, 6) is 0. The lowest BCUT2D eigenvalue weighted by molar-refractivity contribution is 0.590. The summed E-state index contributed by atoms with van der Waals surface area (Å²) in [7, 11) is 0. The van der Waals surface area contributed by atoms with E-state index >= 15 is 0 Å². The average Bonchev–Trinajstić information content (AvgIpc) is 1.19. The van der Waals surface area contributed by atoms with E-state index in [0.29, 0.717) is 0 Å². The van der Waals surface area contributed by atoms with Crippen molar-refractivity contribution in [3.63, 3.8) is 0 Å². The molecule has 0 amide bonds. The second-order valence-electron chi connectivity index (χ2n) is 29.2. The largest absolute Gasteiger partial charge is 0.455 e. The summed E-state index contributed by atoms with van der Waals surface area (Å²) >= 11 is 0. The number of para-hydroxylation sites is 4. The smallest absolute Gasteiger partial charge is 0.252 e. The molecule has 4 heterocycles. The van der Waals surface area contributed by atoms with Crippen LogP contribution >= 0.6 is 0 Å². The summed E-state index contributed by atoms with van der Waals surface area (Å²) < 4.78 is 13.9. The summed E-state index contributed by atoms with van der Waals surface area (Å²) in [6, 6.07) is 104. The molecule has 4 nitrogen and oxygen atoms in total. The van der Waals surface area contributed by atoms with Crippen LogP contribution in [0.15, 0.2) is 288 Å². The highest BCUT2D eigenvalue weighted by Crippen LogP contribution is 2.56. The molecule has 0 bridgehead atoms. The van der Waals surface area contributed by atoms with Crippen molar-refractivity contribution in [2.45, 2.75) is 78.6 Å². The number of anilines is 6. The molecular weight excluding hydrogens is 1150 g/mol. The fourth-order valence-electron chi connectivity index (χ4n) is 15.2. The number of nitrogens with zero attached hydrogens (tertiary/aromatic N) is 2. The van der Waals surface area contributed by atoms with Crippen molar-refractivity contribution in [2.75, 3.05) is 9.80 Å². The van der Waals surface area contributed by atoms with Crippen molar-refractivity contribution in [3.8, 4) is 66.8 Å². The Morgan fingerprint density at radius 3 is 0.926 bits per heavy atom. The Morgan fingerprint density at radius 1 is 0.263 bits per heavy atom. The van der Waals surface area contributed by atoms with Crippen molar-refractivity contribution >= 4 is 101 Å². The molecule has 0 radical (unpaired) electrons. The molecule has 15 aromatic rings. The maximum Gasteiger partial charge on any atom is 0.252 e. The summed E-state index contributed by atoms with van der Waals surface area (Å²) in [4.78, 5) is 5.37. The Labute approximate surface area is 557 Å². The van der Waals surface area contributed by atoms with Crippen molar-refractivity contribution in [3.05, 3.63) is 296 Å². The summed E-state index contributed by atoms with van der Waals surface area (Å²) in [5.41, 5.74) is 30.5. The second kappa shape index (κ2) is 21.9. The van der Waals surface area contributed by atoms with Crippen LogP contribution in [0.5, 0.6) is 0 Å². The molecule has 2 aliphatic heterocycles. The molecule has 2 aliphatic rings. The fraction of sp³-hybridized carbons (Fsp3) is 0.133.